The van der Waals surface area contributed by atoms with E-state index in [1.807, 2.05) is 0 Å². The van der Waals surface area contributed by atoms with Gasteiger partial charge in [0.15, 0.2) is 0 Å². The van der Waals surface area contributed by atoms with Gasteiger partial charge < -0.3 is 14.8 Å². The summed E-state index contributed by atoms with van der Waals surface area (Å²) in [5, 5.41) is 3.26. The molecule has 2 saturated heterocycles. The predicted octanol–water partition coefficient (Wildman–Crippen LogP) is 2.35. The van der Waals surface area contributed by atoms with Crippen molar-refractivity contribution in [2.75, 3.05) is 26.3 Å². The number of hydrogen-bond acceptors (Lipinski definition) is 3. The monoisotopic (exact) mass is 241 g/mol. The quantitative estimate of drug-likeness (QED) is 0.768. The minimum absolute atomic E-state index is 0.503. The Morgan fingerprint density at radius 2 is 1.41 bits per heavy atom. The minimum atomic E-state index is 0.503. The molecule has 1 aliphatic carbocycles. The molecular weight excluding hydrogens is 214 g/mol. The van der Waals surface area contributed by atoms with Gasteiger partial charge in [0.05, 0.1) is 25.4 Å². The van der Waals surface area contributed by atoms with Crippen LogP contribution in [0.15, 0.2) is 0 Å². The summed E-state index contributed by atoms with van der Waals surface area (Å²) >= 11 is 0. The molecule has 0 amide bonds. The Labute approximate surface area is 105 Å². The van der Waals surface area contributed by atoms with E-state index >= 15 is 0 Å². The molecule has 0 bridgehead atoms. The highest BCUT2D eigenvalue weighted by Crippen LogP contribution is 2.34. The van der Waals surface area contributed by atoms with Crippen LogP contribution >= 0.6 is 0 Å². The van der Waals surface area contributed by atoms with Crippen molar-refractivity contribution in [3.05, 3.63) is 0 Å². The summed E-state index contributed by atoms with van der Waals surface area (Å²) in [6.07, 6.45) is 8.32. The largest absolute Gasteiger partial charge is 0.372 e. The Hall–Kier alpha value is -0.120. The van der Waals surface area contributed by atoms with Crippen molar-refractivity contribution in [2.45, 2.75) is 58.2 Å². The van der Waals surface area contributed by atoms with E-state index in [2.05, 4.69) is 19.2 Å². The molecule has 3 rings (SSSR count). The molecule has 0 spiro atoms. The third kappa shape index (κ3) is 6.39. The molecule has 0 aromatic carbocycles. The first kappa shape index (κ1) is 13.3. The smallest absolute Gasteiger partial charge is 0.0933 e. The van der Waals surface area contributed by atoms with E-state index in [0.717, 1.165) is 26.3 Å². The van der Waals surface area contributed by atoms with Gasteiger partial charge in [-0.3, -0.25) is 0 Å². The number of hydrogen-bond donors (Lipinski definition) is 1. The van der Waals surface area contributed by atoms with Gasteiger partial charge in [0.25, 0.3) is 0 Å². The molecule has 1 N–H and O–H groups in total. The Morgan fingerprint density at radius 3 is 1.71 bits per heavy atom. The van der Waals surface area contributed by atoms with Crippen molar-refractivity contribution in [2.24, 2.45) is 5.41 Å². The van der Waals surface area contributed by atoms with Crippen molar-refractivity contribution in [3.63, 3.8) is 0 Å². The first-order valence-electron chi connectivity index (χ1n) is 7.10. The summed E-state index contributed by atoms with van der Waals surface area (Å²) in [5.74, 6) is 0. The third-order valence-corrected chi connectivity index (χ3v) is 3.76. The van der Waals surface area contributed by atoms with E-state index in [1.54, 1.807) is 0 Å². The van der Waals surface area contributed by atoms with Crippen LogP contribution in [0.2, 0.25) is 0 Å². The highest BCUT2D eigenvalue weighted by atomic mass is 16.6. The van der Waals surface area contributed by atoms with Crippen molar-refractivity contribution in [1.82, 2.24) is 5.32 Å². The van der Waals surface area contributed by atoms with Gasteiger partial charge in [-0.1, -0.05) is 33.1 Å². The van der Waals surface area contributed by atoms with E-state index in [0.29, 0.717) is 17.6 Å². The first-order valence-corrected chi connectivity index (χ1v) is 7.10. The van der Waals surface area contributed by atoms with E-state index < -0.39 is 0 Å². The molecule has 2 heterocycles. The minimum Gasteiger partial charge on any atom is -0.372 e. The van der Waals surface area contributed by atoms with Crippen LogP contribution in [0.5, 0.6) is 0 Å². The van der Waals surface area contributed by atoms with Crippen LogP contribution in [0.4, 0.5) is 0 Å². The lowest BCUT2D eigenvalue weighted by atomic mass is 9.78. The molecule has 1 saturated carbocycles. The number of nitrogens with one attached hydrogen (secondary N) is 1. The van der Waals surface area contributed by atoms with Crippen molar-refractivity contribution < 1.29 is 9.47 Å². The van der Waals surface area contributed by atoms with Crippen LogP contribution in [0.25, 0.3) is 0 Å². The van der Waals surface area contributed by atoms with E-state index in [4.69, 9.17) is 9.47 Å². The van der Waals surface area contributed by atoms with Crippen LogP contribution in [-0.2, 0) is 9.47 Å². The van der Waals surface area contributed by atoms with Gasteiger partial charge in [-0.15, -0.1) is 0 Å². The zero-order valence-corrected chi connectivity index (χ0v) is 11.3. The number of ether oxygens (including phenoxy) is 2. The Morgan fingerprint density at radius 1 is 0.941 bits per heavy atom. The fraction of sp³-hybridized carbons (Fsp3) is 1.00. The summed E-state index contributed by atoms with van der Waals surface area (Å²) in [6.45, 7) is 8.65. The van der Waals surface area contributed by atoms with Crippen molar-refractivity contribution in [3.8, 4) is 0 Å². The van der Waals surface area contributed by atoms with Crippen LogP contribution in [0.1, 0.15) is 46.0 Å². The molecule has 2 unspecified atom stereocenters. The maximum atomic E-state index is 5.01. The maximum Gasteiger partial charge on any atom is 0.0933 e. The van der Waals surface area contributed by atoms with Gasteiger partial charge in [0, 0.05) is 13.1 Å². The van der Waals surface area contributed by atoms with Gasteiger partial charge in [-0.2, -0.15) is 0 Å². The standard InChI is InChI=1S/C8H16.C6H11NO2/c1-8(2)6-4-3-5-7-8;1(5-3-8-5)7-2-6-4-9-6/h3-7H2,1-2H3;5-7H,1-4H2. The topological polar surface area (TPSA) is 37.1 Å². The lowest BCUT2D eigenvalue weighted by Crippen LogP contribution is -2.24. The molecule has 3 heteroatoms. The molecule has 3 aliphatic rings. The predicted molar refractivity (Wildman–Crippen MR) is 69.2 cm³/mol. The maximum absolute atomic E-state index is 5.01. The second-order valence-corrected chi connectivity index (χ2v) is 6.29. The SMILES string of the molecule is C(NCC1CO1)C1CO1.CC1(C)CCCCC1. The second kappa shape index (κ2) is 6.17. The summed E-state index contributed by atoms with van der Waals surface area (Å²) in [5.41, 5.74) is 0.679. The van der Waals surface area contributed by atoms with Crippen LogP contribution < -0.4 is 5.32 Å². The van der Waals surface area contributed by atoms with Crippen LogP contribution in [-0.4, -0.2) is 38.5 Å². The Balaban J connectivity index is 0.000000128. The Bertz CT molecular complexity index is 202. The van der Waals surface area contributed by atoms with Crippen LogP contribution in [0.3, 0.4) is 0 Å². The molecule has 3 nitrogen and oxygen atoms in total. The van der Waals surface area contributed by atoms with Gasteiger partial charge >= 0.3 is 0 Å². The zero-order chi connectivity index (χ0) is 12.1. The van der Waals surface area contributed by atoms with Crippen molar-refractivity contribution in [1.29, 1.82) is 0 Å². The molecule has 0 aromatic heterocycles. The summed E-state index contributed by atoms with van der Waals surface area (Å²) in [6, 6.07) is 0. The first-order chi connectivity index (χ1) is 8.16. The fourth-order valence-electron chi connectivity index (χ4n) is 2.29. The molecule has 2 aliphatic heterocycles. The van der Waals surface area contributed by atoms with Gasteiger partial charge in [-0.25, -0.2) is 0 Å². The average molecular weight is 241 g/mol. The molecule has 100 valence electrons. The van der Waals surface area contributed by atoms with Crippen LogP contribution in [0, 0.1) is 5.41 Å². The highest BCUT2D eigenvalue weighted by Gasteiger charge is 2.25. The normalized spacial score (nSPS) is 33.5. The molecule has 17 heavy (non-hydrogen) atoms. The average Bonchev–Trinajstić information content (AvgIpc) is 3.13. The van der Waals surface area contributed by atoms with Gasteiger partial charge in [0.2, 0.25) is 0 Å². The lowest BCUT2D eigenvalue weighted by molar-refractivity contribution is 0.244. The molecule has 3 fully saturated rings. The van der Waals surface area contributed by atoms with E-state index in [9.17, 15) is 0 Å². The zero-order valence-electron chi connectivity index (χ0n) is 11.3. The second-order valence-electron chi connectivity index (χ2n) is 6.29. The summed E-state index contributed by atoms with van der Waals surface area (Å²) < 4.78 is 10.0. The summed E-state index contributed by atoms with van der Waals surface area (Å²) in [7, 11) is 0. The summed E-state index contributed by atoms with van der Waals surface area (Å²) in [4.78, 5) is 0. The van der Waals surface area contributed by atoms with Crippen molar-refractivity contribution >= 4 is 0 Å². The highest BCUT2D eigenvalue weighted by molar-refractivity contribution is 4.76. The molecule has 0 radical (unpaired) electrons. The number of rotatable bonds is 4. The van der Waals surface area contributed by atoms with E-state index in [1.165, 1.54) is 32.1 Å². The fourth-order valence-corrected chi connectivity index (χ4v) is 2.29. The van der Waals surface area contributed by atoms with E-state index in [-0.39, 0.29) is 0 Å². The molecular formula is C14H27NO2. The Kier molecular flexibility index (Phi) is 4.83. The lowest BCUT2D eigenvalue weighted by Gasteiger charge is -2.28. The van der Waals surface area contributed by atoms with Gasteiger partial charge in [0.1, 0.15) is 0 Å². The molecule has 2 atom stereocenters. The third-order valence-electron chi connectivity index (χ3n) is 3.76. The molecule has 0 aromatic rings. The van der Waals surface area contributed by atoms with Gasteiger partial charge in [-0.05, 0) is 18.3 Å². The number of epoxide rings is 2.